The molecule has 0 spiro atoms. The third-order valence-corrected chi connectivity index (χ3v) is 3.93. The zero-order chi connectivity index (χ0) is 17.6. The Bertz CT molecular complexity index is 684. The maximum atomic E-state index is 12.3. The van der Waals surface area contributed by atoms with Crippen LogP contribution < -0.4 is 11.1 Å². The lowest BCUT2D eigenvalue weighted by atomic mass is 9.92. The van der Waals surface area contributed by atoms with E-state index < -0.39 is 5.54 Å². The quantitative estimate of drug-likeness (QED) is 0.848. The van der Waals surface area contributed by atoms with E-state index in [2.05, 4.69) is 5.32 Å². The van der Waals surface area contributed by atoms with Crippen molar-refractivity contribution in [3.8, 4) is 0 Å². The van der Waals surface area contributed by atoms with Crippen molar-refractivity contribution in [2.24, 2.45) is 5.73 Å². The molecule has 5 nitrogen and oxygen atoms in total. The number of carbonyl (C=O) groups excluding carboxylic acids is 2. The van der Waals surface area contributed by atoms with Crippen LogP contribution in [0.25, 0.3) is 0 Å². The van der Waals surface area contributed by atoms with Crippen LogP contribution in [0.1, 0.15) is 18.1 Å². The molecule has 2 aromatic rings. The van der Waals surface area contributed by atoms with E-state index in [-0.39, 0.29) is 18.4 Å². The predicted molar refractivity (Wildman–Crippen MR) is 93.9 cm³/mol. The zero-order valence-corrected chi connectivity index (χ0v) is 14.0. The number of carbonyl (C=O) groups is 2. The number of hydrogen-bond donors (Lipinski definition) is 2. The van der Waals surface area contributed by atoms with Gasteiger partial charge in [0.2, 0.25) is 11.8 Å². The topological polar surface area (TPSA) is 75.4 Å². The highest BCUT2D eigenvalue weighted by molar-refractivity contribution is 5.90. The van der Waals surface area contributed by atoms with Crippen LogP contribution >= 0.6 is 0 Å². The summed E-state index contributed by atoms with van der Waals surface area (Å²) in [4.78, 5) is 26.1. The Morgan fingerprint density at radius 1 is 1.04 bits per heavy atom. The third-order valence-electron chi connectivity index (χ3n) is 3.93. The maximum absolute atomic E-state index is 12.3. The molecule has 0 aliphatic carbocycles. The van der Waals surface area contributed by atoms with Crippen molar-refractivity contribution >= 4 is 11.8 Å². The number of nitrogens with two attached hydrogens (primary N) is 1. The first kappa shape index (κ1) is 17.7. The molecule has 3 N–H and O–H groups in total. The van der Waals surface area contributed by atoms with E-state index in [9.17, 15) is 9.59 Å². The monoisotopic (exact) mass is 325 g/mol. The van der Waals surface area contributed by atoms with Gasteiger partial charge >= 0.3 is 0 Å². The number of nitrogens with one attached hydrogen (secondary N) is 1. The number of nitrogens with zero attached hydrogens (tertiary/aromatic N) is 1. The molecule has 0 aliphatic rings. The molecule has 0 aliphatic heterocycles. The molecular weight excluding hydrogens is 302 g/mol. The molecule has 0 fully saturated rings. The van der Waals surface area contributed by atoms with Gasteiger partial charge in [-0.15, -0.1) is 0 Å². The van der Waals surface area contributed by atoms with Crippen molar-refractivity contribution < 1.29 is 9.59 Å². The second-order valence-electron chi connectivity index (χ2n) is 5.99. The van der Waals surface area contributed by atoms with Crippen LogP contribution in [0.2, 0.25) is 0 Å². The lowest BCUT2D eigenvalue weighted by Crippen LogP contribution is -2.51. The Hall–Kier alpha value is -2.66. The molecule has 0 radical (unpaired) electrons. The summed E-state index contributed by atoms with van der Waals surface area (Å²) in [6.45, 7) is 2.05. The van der Waals surface area contributed by atoms with Crippen molar-refractivity contribution in [2.45, 2.75) is 19.0 Å². The molecule has 2 rings (SSSR count). The molecular formula is C19H23N3O2. The minimum atomic E-state index is -1.18. The van der Waals surface area contributed by atoms with Gasteiger partial charge in [-0.05, 0) is 18.1 Å². The lowest BCUT2D eigenvalue weighted by molar-refractivity contribution is -0.133. The number of hydrogen-bond acceptors (Lipinski definition) is 3. The van der Waals surface area contributed by atoms with E-state index in [4.69, 9.17) is 5.73 Å². The van der Waals surface area contributed by atoms with Gasteiger partial charge in [0.25, 0.3) is 0 Å². The number of rotatable bonds is 6. The number of benzene rings is 2. The first-order valence-corrected chi connectivity index (χ1v) is 7.82. The van der Waals surface area contributed by atoms with Gasteiger partial charge < -0.3 is 16.0 Å². The van der Waals surface area contributed by atoms with Crippen LogP contribution in [-0.4, -0.2) is 30.3 Å². The first-order chi connectivity index (χ1) is 11.4. The molecule has 1 unspecified atom stereocenters. The van der Waals surface area contributed by atoms with Crippen molar-refractivity contribution in [2.75, 3.05) is 13.6 Å². The van der Waals surface area contributed by atoms with E-state index in [0.717, 1.165) is 5.56 Å². The van der Waals surface area contributed by atoms with Crippen molar-refractivity contribution in [3.05, 3.63) is 71.8 Å². The van der Waals surface area contributed by atoms with Crippen molar-refractivity contribution in [1.29, 1.82) is 0 Å². The zero-order valence-electron chi connectivity index (χ0n) is 14.0. The molecule has 0 bridgehead atoms. The molecule has 0 aromatic heterocycles. The predicted octanol–water partition coefficient (Wildman–Crippen LogP) is 1.64. The van der Waals surface area contributed by atoms with Gasteiger partial charge in [-0.25, -0.2) is 0 Å². The average molecular weight is 325 g/mol. The van der Waals surface area contributed by atoms with Gasteiger partial charge in [0.15, 0.2) is 0 Å². The van der Waals surface area contributed by atoms with Crippen LogP contribution in [0.3, 0.4) is 0 Å². The van der Waals surface area contributed by atoms with Crippen LogP contribution in [-0.2, 0) is 21.7 Å². The summed E-state index contributed by atoms with van der Waals surface area (Å²) in [6, 6.07) is 18.8. The standard InChI is InChI=1S/C19H23N3O2/c1-19(20,16-11-7-4-8-12-16)18(24)21-13-17(23)22(2)14-15-9-5-3-6-10-15/h3-12H,13-14,20H2,1-2H3,(H,21,24). The molecule has 5 heteroatoms. The fraction of sp³-hybridized carbons (Fsp3) is 0.263. The van der Waals surface area contributed by atoms with E-state index in [1.54, 1.807) is 31.0 Å². The van der Waals surface area contributed by atoms with Gasteiger partial charge in [-0.3, -0.25) is 9.59 Å². The fourth-order valence-corrected chi connectivity index (χ4v) is 2.34. The molecule has 2 aromatic carbocycles. The maximum Gasteiger partial charge on any atom is 0.244 e. The normalized spacial score (nSPS) is 13.0. The molecule has 24 heavy (non-hydrogen) atoms. The summed E-state index contributed by atoms with van der Waals surface area (Å²) in [5.41, 5.74) is 6.69. The second-order valence-corrected chi connectivity index (χ2v) is 5.99. The van der Waals surface area contributed by atoms with Crippen LogP contribution in [0.4, 0.5) is 0 Å². The molecule has 1 atom stereocenters. The Morgan fingerprint density at radius 3 is 2.17 bits per heavy atom. The minimum Gasteiger partial charge on any atom is -0.345 e. The van der Waals surface area contributed by atoms with Gasteiger partial charge in [-0.1, -0.05) is 60.7 Å². The SMILES string of the molecule is CN(Cc1ccccc1)C(=O)CNC(=O)C(C)(N)c1ccccc1. The summed E-state index contributed by atoms with van der Waals surface area (Å²) in [5, 5.41) is 2.63. The van der Waals surface area contributed by atoms with E-state index in [1.807, 2.05) is 48.5 Å². The van der Waals surface area contributed by atoms with E-state index in [0.29, 0.717) is 12.1 Å². The van der Waals surface area contributed by atoms with Gasteiger partial charge in [-0.2, -0.15) is 0 Å². The highest BCUT2D eigenvalue weighted by atomic mass is 16.2. The number of amides is 2. The summed E-state index contributed by atoms with van der Waals surface area (Å²) in [6.07, 6.45) is 0. The summed E-state index contributed by atoms with van der Waals surface area (Å²) in [5.74, 6) is -0.550. The third kappa shape index (κ3) is 4.43. The highest BCUT2D eigenvalue weighted by Gasteiger charge is 2.30. The minimum absolute atomic E-state index is 0.0816. The highest BCUT2D eigenvalue weighted by Crippen LogP contribution is 2.17. The second kappa shape index (κ2) is 7.75. The Morgan fingerprint density at radius 2 is 1.58 bits per heavy atom. The largest absolute Gasteiger partial charge is 0.345 e. The van der Waals surface area contributed by atoms with Crippen molar-refractivity contribution in [1.82, 2.24) is 10.2 Å². The summed E-state index contributed by atoms with van der Waals surface area (Å²) >= 11 is 0. The first-order valence-electron chi connectivity index (χ1n) is 7.82. The van der Waals surface area contributed by atoms with Crippen LogP contribution in [0.5, 0.6) is 0 Å². The molecule has 0 saturated carbocycles. The van der Waals surface area contributed by atoms with Gasteiger partial charge in [0, 0.05) is 13.6 Å². The smallest absolute Gasteiger partial charge is 0.244 e. The van der Waals surface area contributed by atoms with Crippen LogP contribution in [0.15, 0.2) is 60.7 Å². The Balaban J connectivity index is 1.90. The summed E-state index contributed by atoms with van der Waals surface area (Å²) < 4.78 is 0. The molecule has 2 amide bonds. The van der Waals surface area contributed by atoms with E-state index >= 15 is 0 Å². The molecule has 126 valence electrons. The molecule has 0 heterocycles. The Kier molecular flexibility index (Phi) is 5.71. The molecule has 0 saturated heterocycles. The van der Waals surface area contributed by atoms with Gasteiger partial charge in [0.1, 0.15) is 5.54 Å². The fourth-order valence-electron chi connectivity index (χ4n) is 2.34. The lowest BCUT2D eigenvalue weighted by Gasteiger charge is -2.25. The van der Waals surface area contributed by atoms with Crippen LogP contribution in [0, 0.1) is 0 Å². The van der Waals surface area contributed by atoms with Gasteiger partial charge in [0.05, 0.1) is 6.54 Å². The van der Waals surface area contributed by atoms with E-state index in [1.165, 1.54) is 0 Å². The Labute approximate surface area is 142 Å². The number of likely N-dealkylation sites (N-methyl/N-ethyl adjacent to an activating group) is 1. The summed E-state index contributed by atoms with van der Waals surface area (Å²) in [7, 11) is 1.71. The average Bonchev–Trinajstić information content (AvgIpc) is 2.60. The van der Waals surface area contributed by atoms with Crippen molar-refractivity contribution in [3.63, 3.8) is 0 Å².